The predicted molar refractivity (Wildman–Crippen MR) is 137 cm³/mol. The molecular formula is C27H29N5O3S. The molecule has 1 N–H and O–H groups in total. The number of carbonyl (C=O) groups is 1. The molecule has 6 rings (SSSR count). The van der Waals surface area contributed by atoms with Crippen molar-refractivity contribution in [3.05, 3.63) is 66.2 Å². The van der Waals surface area contributed by atoms with Crippen molar-refractivity contribution in [2.75, 3.05) is 0 Å². The molecule has 0 bridgehead atoms. The van der Waals surface area contributed by atoms with Gasteiger partial charge in [-0.05, 0) is 68.0 Å². The van der Waals surface area contributed by atoms with E-state index in [9.17, 15) is 13.2 Å². The minimum absolute atomic E-state index is 0.0559. The molecule has 186 valence electrons. The number of hydrogen-bond donors (Lipinski definition) is 1. The number of rotatable bonds is 6. The lowest BCUT2D eigenvalue weighted by Crippen LogP contribution is -2.25. The summed E-state index contributed by atoms with van der Waals surface area (Å²) in [7, 11) is -3.41. The molecule has 2 saturated carbocycles. The van der Waals surface area contributed by atoms with E-state index in [0.717, 1.165) is 61.6 Å². The van der Waals surface area contributed by atoms with E-state index < -0.39 is 9.84 Å². The molecule has 0 radical (unpaired) electrons. The summed E-state index contributed by atoms with van der Waals surface area (Å²) in [5, 5.41) is 7.26. The molecule has 0 atom stereocenters. The molecule has 1 amide bonds. The Morgan fingerprint density at radius 1 is 1.00 bits per heavy atom. The number of hydrogen-bond acceptors (Lipinski definition) is 5. The Balaban J connectivity index is 1.34. The van der Waals surface area contributed by atoms with Crippen molar-refractivity contribution in [3.8, 4) is 16.9 Å². The van der Waals surface area contributed by atoms with Gasteiger partial charge in [-0.2, -0.15) is 5.10 Å². The highest BCUT2D eigenvalue weighted by Crippen LogP contribution is 2.30. The molecule has 0 aliphatic heterocycles. The predicted octanol–water partition coefficient (Wildman–Crippen LogP) is 4.49. The Kier molecular flexibility index (Phi) is 5.67. The molecule has 3 aromatic heterocycles. The number of nitrogens with zero attached hydrogens (tertiary/aromatic N) is 4. The van der Waals surface area contributed by atoms with Crippen LogP contribution in [0.5, 0.6) is 0 Å². The lowest BCUT2D eigenvalue weighted by molar-refractivity contribution is 0.0951. The number of aryl methyl sites for hydroxylation is 1. The number of amides is 1. The first-order chi connectivity index (χ1) is 17.4. The first-order valence-electron chi connectivity index (χ1n) is 12.6. The highest BCUT2D eigenvalue weighted by Gasteiger charge is 2.29. The second-order valence-electron chi connectivity index (χ2n) is 9.97. The third-order valence-corrected chi connectivity index (χ3v) is 9.57. The number of sulfone groups is 1. The van der Waals surface area contributed by atoms with E-state index in [4.69, 9.17) is 0 Å². The third-order valence-electron chi connectivity index (χ3n) is 7.32. The quantitative estimate of drug-likeness (QED) is 0.418. The Labute approximate surface area is 210 Å². The maximum absolute atomic E-state index is 13.3. The van der Waals surface area contributed by atoms with E-state index in [1.165, 1.54) is 0 Å². The first kappa shape index (κ1) is 23.0. The van der Waals surface area contributed by atoms with Crippen molar-refractivity contribution in [2.45, 2.75) is 68.1 Å². The van der Waals surface area contributed by atoms with Gasteiger partial charge in [-0.15, -0.1) is 0 Å². The minimum Gasteiger partial charge on any atom is -0.349 e. The van der Waals surface area contributed by atoms with Crippen LogP contribution in [-0.4, -0.2) is 44.8 Å². The molecule has 2 aliphatic rings. The molecule has 0 spiro atoms. The minimum atomic E-state index is -3.41. The molecule has 0 saturated heterocycles. The van der Waals surface area contributed by atoms with Gasteiger partial charge in [0.25, 0.3) is 5.91 Å². The molecule has 2 aliphatic carbocycles. The zero-order valence-corrected chi connectivity index (χ0v) is 21.0. The van der Waals surface area contributed by atoms with Crippen molar-refractivity contribution in [2.24, 2.45) is 0 Å². The summed E-state index contributed by atoms with van der Waals surface area (Å²) in [4.78, 5) is 17.3. The molecule has 0 unspecified atom stereocenters. The summed E-state index contributed by atoms with van der Waals surface area (Å²) in [6.07, 6.45) is 13.5. The Bertz CT molecular complexity index is 1560. The smallest absolute Gasteiger partial charge is 0.251 e. The van der Waals surface area contributed by atoms with Crippen LogP contribution in [0.4, 0.5) is 0 Å². The number of aromatic nitrogens is 4. The summed E-state index contributed by atoms with van der Waals surface area (Å²) in [5.74, 6) is 0.594. The van der Waals surface area contributed by atoms with Gasteiger partial charge in [0, 0.05) is 29.6 Å². The summed E-state index contributed by atoms with van der Waals surface area (Å²) in [6, 6.07) is 9.40. The average Bonchev–Trinajstić information content (AvgIpc) is 3.40. The third kappa shape index (κ3) is 4.21. The maximum atomic E-state index is 13.3. The zero-order chi connectivity index (χ0) is 24.9. The van der Waals surface area contributed by atoms with Crippen LogP contribution in [-0.2, 0) is 9.84 Å². The second-order valence-corrected chi connectivity index (χ2v) is 12.2. The Hall–Kier alpha value is -3.46. The molecule has 36 heavy (non-hydrogen) atoms. The number of nitrogens with one attached hydrogen (secondary N) is 1. The van der Waals surface area contributed by atoms with Crippen LogP contribution < -0.4 is 5.32 Å². The highest BCUT2D eigenvalue weighted by atomic mass is 32.2. The number of carbonyl (C=O) groups excluding carboxylic acids is 1. The fourth-order valence-corrected chi connectivity index (χ4v) is 6.86. The van der Waals surface area contributed by atoms with Crippen LogP contribution in [0.3, 0.4) is 0 Å². The van der Waals surface area contributed by atoms with Gasteiger partial charge in [-0.3, -0.25) is 9.20 Å². The number of imidazole rings is 1. The van der Waals surface area contributed by atoms with Crippen molar-refractivity contribution >= 4 is 21.4 Å². The Morgan fingerprint density at radius 2 is 1.81 bits per heavy atom. The van der Waals surface area contributed by atoms with Gasteiger partial charge in [0.1, 0.15) is 5.65 Å². The van der Waals surface area contributed by atoms with Gasteiger partial charge in [-0.25, -0.2) is 18.1 Å². The van der Waals surface area contributed by atoms with Crippen LogP contribution in [0.2, 0.25) is 0 Å². The standard InChI is InChI=1S/C27H29N5O3S/c1-18-7-8-19(27(33)30-21-9-10-21)13-24(18)20-14-29-32(16-20)26-15-28-25-12-11-23(17-31(25)26)36(34,35)22-5-3-2-4-6-22/h7-8,11-17,21-22H,2-6,9-10H2,1H3,(H,30,33). The summed E-state index contributed by atoms with van der Waals surface area (Å²) in [6.45, 7) is 2.01. The van der Waals surface area contributed by atoms with Crippen LogP contribution in [0, 0.1) is 6.92 Å². The van der Waals surface area contributed by atoms with E-state index in [0.29, 0.717) is 28.0 Å². The second kappa shape index (κ2) is 8.89. The number of benzene rings is 1. The molecule has 3 heterocycles. The van der Waals surface area contributed by atoms with Crippen molar-refractivity contribution in [3.63, 3.8) is 0 Å². The molecule has 4 aromatic rings. The maximum Gasteiger partial charge on any atom is 0.251 e. The van der Waals surface area contributed by atoms with Crippen LogP contribution in [0.25, 0.3) is 22.6 Å². The fraction of sp³-hybridized carbons (Fsp3) is 0.370. The van der Waals surface area contributed by atoms with Gasteiger partial charge in [0.2, 0.25) is 0 Å². The van der Waals surface area contributed by atoms with Gasteiger partial charge >= 0.3 is 0 Å². The van der Waals surface area contributed by atoms with Crippen molar-refractivity contribution < 1.29 is 13.2 Å². The summed E-state index contributed by atoms with van der Waals surface area (Å²) < 4.78 is 30.1. The molecular weight excluding hydrogens is 474 g/mol. The van der Waals surface area contributed by atoms with Gasteiger partial charge in [0.15, 0.2) is 15.7 Å². The van der Waals surface area contributed by atoms with Crippen molar-refractivity contribution in [1.29, 1.82) is 0 Å². The average molecular weight is 504 g/mol. The van der Waals surface area contributed by atoms with E-state index >= 15 is 0 Å². The largest absolute Gasteiger partial charge is 0.349 e. The van der Waals surface area contributed by atoms with Crippen LogP contribution in [0.1, 0.15) is 60.9 Å². The topological polar surface area (TPSA) is 98.4 Å². The van der Waals surface area contributed by atoms with E-state index in [1.807, 2.05) is 31.3 Å². The SMILES string of the molecule is Cc1ccc(C(=O)NC2CC2)cc1-c1cnn(-c2cnc3ccc(S(=O)(=O)C4CCCCC4)cn23)c1. The molecule has 2 fully saturated rings. The molecule has 1 aromatic carbocycles. The van der Waals surface area contributed by atoms with Crippen LogP contribution in [0.15, 0.2) is 60.0 Å². The monoisotopic (exact) mass is 503 g/mol. The van der Waals surface area contributed by atoms with Gasteiger partial charge in [-0.1, -0.05) is 25.3 Å². The lowest BCUT2D eigenvalue weighted by Gasteiger charge is -2.21. The zero-order valence-electron chi connectivity index (χ0n) is 20.2. The fourth-order valence-electron chi connectivity index (χ4n) is 5.01. The summed E-state index contributed by atoms with van der Waals surface area (Å²) >= 11 is 0. The van der Waals surface area contributed by atoms with Gasteiger partial charge < -0.3 is 5.32 Å². The van der Waals surface area contributed by atoms with Crippen LogP contribution >= 0.6 is 0 Å². The van der Waals surface area contributed by atoms with Gasteiger partial charge in [0.05, 0.1) is 22.5 Å². The lowest BCUT2D eigenvalue weighted by atomic mass is 10.0. The first-order valence-corrected chi connectivity index (χ1v) is 14.1. The molecule has 8 nitrogen and oxygen atoms in total. The Morgan fingerprint density at radius 3 is 2.58 bits per heavy atom. The molecule has 9 heteroatoms. The summed E-state index contributed by atoms with van der Waals surface area (Å²) in [5.41, 5.74) is 4.12. The number of fused-ring (bicyclic) bond motifs is 1. The number of pyridine rings is 1. The van der Waals surface area contributed by atoms with E-state index in [2.05, 4.69) is 15.4 Å². The van der Waals surface area contributed by atoms with Crippen molar-refractivity contribution in [1.82, 2.24) is 24.5 Å². The normalized spacial score (nSPS) is 16.9. The van der Waals surface area contributed by atoms with E-state index in [-0.39, 0.29) is 11.2 Å². The highest BCUT2D eigenvalue weighted by molar-refractivity contribution is 7.92. The van der Waals surface area contributed by atoms with E-state index in [1.54, 1.807) is 39.8 Å².